The van der Waals surface area contributed by atoms with Gasteiger partial charge in [0.1, 0.15) is 0 Å². The average molecular weight is 337 g/mol. The van der Waals surface area contributed by atoms with Gasteiger partial charge in [-0.25, -0.2) is 0 Å². The number of likely N-dealkylation sites (tertiary alicyclic amines) is 1. The molecule has 0 unspecified atom stereocenters. The summed E-state index contributed by atoms with van der Waals surface area (Å²) in [6.07, 6.45) is 4.91. The number of carbonyl (C=O) groups is 2. The van der Waals surface area contributed by atoms with E-state index in [-0.39, 0.29) is 11.8 Å². The lowest BCUT2D eigenvalue weighted by atomic mass is 10.1. The normalized spacial score (nSPS) is 15.2. The van der Waals surface area contributed by atoms with Crippen LogP contribution >= 0.6 is 11.6 Å². The van der Waals surface area contributed by atoms with Crippen LogP contribution in [0.15, 0.2) is 18.2 Å². The molecule has 1 aromatic carbocycles. The smallest absolute Gasteiger partial charge is 0.224 e. The van der Waals surface area contributed by atoms with Crippen molar-refractivity contribution in [3.05, 3.63) is 28.8 Å². The fourth-order valence-electron chi connectivity index (χ4n) is 3.02. The van der Waals surface area contributed by atoms with E-state index in [0.29, 0.717) is 18.0 Å². The van der Waals surface area contributed by atoms with Crippen molar-refractivity contribution in [1.82, 2.24) is 4.90 Å². The van der Waals surface area contributed by atoms with Crippen molar-refractivity contribution in [2.24, 2.45) is 0 Å². The van der Waals surface area contributed by atoms with Crippen LogP contribution in [-0.2, 0) is 9.59 Å². The maximum absolute atomic E-state index is 12.4. The van der Waals surface area contributed by atoms with E-state index in [0.717, 1.165) is 37.2 Å². The van der Waals surface area contributed by atoms with Gasteiger partial charge in [-0.15, -0.1) is 0 Å². The predicted molar refractivity (Wildman–Crippen MR) is 93.9 cm³/mol. The molecule has 2 rings (SSSR count). The minimum atomic E-state index is -0.0703. The van der Waals surface area contributed by atoms with Gasteiger partial charge < -0.3 is 9.80 Å². The van der Waals surface area contributed by atoms with E-state index in [9.17, 15) is 9.59 Å². The SMILES string of the molecule is CC(=O)N(CCC(=O)N1CCCCCC1)c1cccc(Cl)c1C. The van der Waals surface area contributed by atoms with Crippen LogP contribution in [0, 0.1) is 6.92 Å². The highest BCUT2D eigenvalue weighted by molar-refractivity contribution is 6.31. The zero-order chi connectivity index (χ0) is 16.8. The highest BCUT2D eigenvalue weighted by atomic mass is 35.5. The molecule has 0 bridgehead atoms. The quantitative estimate of drug-likeness (QED) is 0.839. The monoisotopic (exact) mass is 336 g/mol. The van der Waals surface area contributed by atoms with E-state index in [1.807, 2.05) is 24.0 Å². The highest BCUT2D eigenvalue weighted by Crippen LogP contribution is 2.27. The number of hydrogen-bond acceptors (Lipinski definition) is 2. The van der Waals surface area contributed by atoms with E-state index in [1.165, 1.54) is 19.8 Å². The molecule has 0 N–H and O–H groups in total. The van der Waals surface area contributed by atoms with Crippen molar-refractivity contribution in [2.45, 2.75) is 46.0 Å². The summed E-state index contributed by atoms with van der Waals surface area (Å²) < 4.78 is 0. The zero-order valence-corrected chi connectivity index (χ0v) is 14.7. The van der Waals surface area contributed by atoms with Gasteiger partial charge in [0, 0.05) is 43.7 Å². The number of rotatable bonds is 4. The van der Waals surface area contributed by atoms with Crippen LogP contribution in [0.3, 0.4) is 0 Å². The fraction of sp³-hybridized carbons (Fsp3) is 0.556. The van der Waals surface area contributed by atoms with Crippen LogP contribution in [0.5, 0.6) is 0 Å². The summed E-state index contributed by atoms with van der Waals surface area (Å²) in [6.45, 7) is 5.50. The van der Waals surface area contributed by atoms with E-state index < -0.39 is 0 Å². The highest BCUT2D eigenvalue weighted by Gasteiger charge is 2.20. The standard InChI is InChI=1S/C18H25ClN2O2/c1-14-16(19)8-7-9-17(14)21(15(2)22)13-10-18(23)20-11-5-3-4-6-12-20/h7-9H,3-6,10-13H2,1-2H3. The van der Waals surface area contributed by atoms with Crippen molar-refractivity contribution in [2.75, 3.05) is 24.5 Å². The van der Waals surface area contributed by atoms with Gasteiger partial charge in [-0.1, -0.05) is 30.5 Å². The number of carbonyl (C=O) groups excluding carboxylic acids is 2. The van der Waals surface area contributed by atoms with E-state index in [1.54, 1.807) is 11.0 Å². The second-order valence-corrected chi connectivity index (χ2v) is 6.51. The van der Waals surface area contributed by atoms with Gasteiger partial charge in [0.05, 0.1) is 0 Å². The molecule has 0 spiro atoms. The Balaban J connectivity index is 2.04. The van der Waals surface area contributed by atoms with E-state index in [2.05, 4.69) is 0 Å². The third kappa shape index (κ3) is 4.71. The summed E-state index contributed by atoms with van der Waals surface area (Å²) in [4.78, 5) is 28.0. The van der Waals surface area contributed by atoms with Crippen molar-refractivity contribution < 1.29 is 9.59 Å². The van der Waals surface area contributed by atoms with Crippen LogP contribution in [0.25, 0.3) is 0 Å². The molecule has 126 valence electrons. The molecule has 0 aliphatic carbocycles. The number of hydrogen-bond donors (Lipinski definition) is 0. The number of nitrogens with zero attached hydrogens (tertiary/aromatic N) is 2. The first kappa shape index (κ1) is 17.8. The Kier molecular flexibility index (Phi) is 6.46. The first-order valence-electron chi connectivity index (χ1n) is 8.31. The molecule has 0 aromatic heterocycles. The van der Waals surface area contributed by atoms with Gasteiger partial charge in [0.15, 0.2) is 0 Å². The van der Waals surface area contributed by atoms with Crippen LogP contribution in [-0.4, -0.2) is 36.3 Å². The molecular formula is C18H25ClN2O2. The van der Waals surface area contributed by atoms with Crippen molar-refractivity contribution in [1.29, 1.82) is 0 Å². The molecule has 23 heavy (non-hydrogen) atoms. The molecule has 1 heterocycles. The summed E-state index contributed by atoms with van der Waals surface area (Å²) in [6, 6.07) is 5.51. The molecule has 1 aliphatic rings. The van der Waals surface area contributed by atoms with E-state index in [4.69, 9.17) is 11.6 Å². The third-order valence-electron chi connectivity index (χ3n) is 4.42. The third-order valence-corrected chi connectivity index (χ3v) is 4.83. The largest absolute Gasteiger partial charge is 0.343 e. The predicted octanol–water partition coefficient (Wildman–Crippen LogP) is 3.79. The van der Waals surface area contributed by atoms with Crippen molar-refractivity contribution >= 4 is 29.1 Å². The van der Waals surface area contributed by atoms with Gasteiger partial charge in [-0.05, 0) is 37.5 Å². The lowest BCUT2D eigenvalue weighted by Crippen LogP contribution is -2.37. The Morgan fingerprint density at radius 1 is 1.17 bits per heavy atom. The first-order valence-corrected chi connectivity index (χ1v) is 8.69. The molecule has 2 amide bonds. The topological polar surface area (TPSA) is 40.6 Å². The molecule has 0 saturated carbocycles. The van der Waals surface area contributed by atoms with Crippen LogP contribution < -0.4 is 4.90 Å². The molecular weight excluding hydrogens is 312 g/mol. The molecule has 1 saturated heterocycles. The van der Waals surface area contributed by atoms with Gasteiger partial charge in [0.2, 0.25) is 11.8 Å². The molecule has 0 atom stereocenters. The first-order chi connectivity index (χ1) is 11.0. The number of amides is 2. The van der Waals surface area contributed by atoms with Crippen LogP contribution in [0.2, 0.25) is 5.02 Å². The average Bonchev–Trinajstić information content (AvgIpc) is 2.80. The maximum Gasteiger partial charge on any atom is 0.224 e. The Labute approximate surface area is 143 Å². The van der Waals surface area contributed by atoms with Gasteiger partial charge in [0.25, 0.3) is 0 Å². The van der Waals surface area contributed by atoms with Gasteiger partial charge in [-0.3, -0.25) is 9.59 Å². The van der Waals surface area contributed by atoms with Crippen LogP contribution in [0.4, 0.5) is 5.69 Å². The number of benzene rings is 1. The summed E-state index contributed by atoms with van der Waals surface area (Å²) >= 11 is 6.15. The lowest BCUT2D eigenvalue weighted by Gasteiger charge is -2.26. The Morgan fingerprint density at radius 3 is 2.43 bits per heavy atom. The van der Waals surface area contributed by atoms with E-state index >= 15 is 0 Å². The van der Waals surface area contributed by atoms with Crippen molar-refractivity contribution in [3.63, 3.8) is 0 Å². The second kappa shape index (κ2) is 8.34. The minimum absolute atomic E-state index is 0.0703. The molecule has 4 nitrogen and oxygen atoms in total. The van der Waals surface area contributed by atoms with Gasteiger partial charge >= 0.3 is 0 Å². The number of anilines is 1. The number of halogens is 1. The molecule has 1 aliphatic heterocycles. The Bertz CT molecular complexity index is 566. The second-order valence-electron chi connectivity index (χ2n) is 6.10. The van der Waals surface area contributed by atoms with Crippen molar-refractivity contribution in [3.8, 4) is 0 Å². The maximum atomic E-state index is 12.4. The molecule has 5 heteroatoms. The lowest BCUT2D eigenvalue weighted by molar-refractivity contribution is -0.131. The fourth-order valence-corrected chi connectivity index (χ4v) is 3.19. The summed E-state index contributed by atoms with van der Waals surface area (Å²) in [5.41, 5.74) is 1.65. The Hall–Kier alpha value is -1.55. The van der Waals surface area contributed by atoms with Crippen LogP contribution in [0.1, 0.15) is 44.6 Å². The summed E-state index contributed by atoms with van der Waals surface area (Å²) in [5.74, 6) is 0.0665. The zero-order valence-electron chi connectivity index (χ0n) is 14.0. The summed E-state index contributed by atoms with van der Waals surface area (Å²) in [7, 11) is 0. The molecule has 1 aromatic rings. The summed E-state index contributed by atoms with van der Waals surface area (Å²) in [5, 5.41) is 0.632. The Morgan fingerprint density at radius 2 is 1.83 bits per heavy atom. The minimum Gasteiger partial charge on any atom is -0.343 e. The molecule has 1 fully saturated rings. The molecule has 0 radical (unpaired) electrons. The van der Waals surface area contributed by atoms with Gasteiger partial charge in [-0.2, -0.15) is 0 Å².